The highest BCUT2D eigenvalue weighted by Gasteiger charge is 2.19. The molecule has 0 aliphatic heterocycles. The highest BCUT2D eigenvalue weighted by atomic mass is 16.6. The van der Waals surface area contributed by atoms with Crippen molar-refractivity contribution >= 4 is 17.9 Å². The molecule has 0 bridgehead atoms. The van der Waals surface area contributed by atoms with Gasteiger partial charge < -0.3 is 14.2 Å². The summed E-state index contributed by atoms with van der Waals surface area (Å²) >= 11 is 0. The molecule has 1 unspecified atom stereocenters. The zero-order valence-corrected chi connectivity index (χ0v) is 51.1. The Morgan fingerprint density at radius 2 is 0.494 bits per heavy atom. The van der Waals surface area contributed by atoms with E-state index in [1.165, 1.54) is 96.3 Å². The summed E-state index contributed by atoms with van der Waals surface area (Å²) in [4.78, 5) is 38.4. The summed E-state index contributed by atoms with van der Waals surface area (Å²) in [7, 11) is 0. The van der Waals surface area contributed by atoms with Crippen LogP contribution in [0.3, 0.4) is 0 Å². The number of hydrogen-bond donors (Lipinski definition) is 0. The van der Waals surface area contributed by atoms with E-state index in [2.05, 4.69) is 167 Å². The van der Waals surface area contributed by atoms with Crippen LogP contribution in [-0.2, 0) is 28.6 Å². The van der Waals surface area contributed by atoms with Crippen molar-refractivity contribution < 1.29 is 28.6 Å². The number of carbonyl (C=O) groups is 3. The van der Waals surface area contributed by atoms with Gasteiger partial charge in [-0.05, 0) is 141 Å². The van der Waals surface area contributed by atoms with Crippen LogP contribution in [0, 0.1) is 0 Å². The highest BCUT2D eigenvalue weighted by Crippen LogP contribution is 2.14. The Labute approximate surface area is 487 Å². The van der Waals surface area contributed by atoms with Gasteiger partial charge in [-0.2, -0.15) is 0 Å². The van der Waals surface area contributed by atoms with E-state index in [0.717, 1.165) is 135 Å². The van der Waals surface area contributed by atoms with E-state index in [4.69, 9.17) is 14.2 Å². The first-order chi connectivity index (χ1) is 39.0. The molecule has 0 heterocycles. The lowest BCUT2D eigenvalue weighted by molar-refractivity contribution is -0.167. The number of carbonyl (C=O) groups excluding carboxylic acids is 3. The molecule has 0 aromatic carbocycles. The maximum absolute atomic E-state index is 12.9. The van der Waals surface area contributed by atoms with Crippen LogP contribution in [0.25, 0.3) is 0 Å². The topological polar surface area (TPSA) is 78.9 Å². The third-order valence-electron chi connectivity index (χ3n) is 13.3. The molecule has 6 heteroatoms. The van der Waals surface area contributed by atoms with Crippen LogP contribution in [0.15, 0.2) is 146 Å². The van der Waals surface area contributed by atoms with E-state index in [1.807, 2.05) is 0 Å². The second-order valence-corrected chi connectivity index (χ2v) is 20.9. The smallest absolute Gasteiger partial charge is 0.306 e. The standard InChI is InChI=1S/C73H118O6/c1-4-7-10-13-16-19-22-25-28-31-33-35-36-38-39-42-45-48-51-54-57-60-63-66-72(75)78-69-70(68-77-71(74)65-62-59-56-53-50-47-44-41-30-27-24-21-18-15-12-9-6-3)79-73(76)67-64-61-58-55-52-49-46-43-40-37-34-32-29-26-23-20-17-14-11-8-5-2/h8-9,11-12,17-18,20-22,25-27,29-31,33-34,36-38,43,46,52,55,70H,4-7,10,13-16,19,23-24,28,32,35,39-42,44-45,47-51,53-54,56-69H2,1-3H3/b11-8-,12-9-,20-17-,21-18-,25-22-,29-26-,30-27-,33-31-,37-34-,38-36-,46-43-,55-52-. The number of hydrogen-bond acceptors (Lipinski definition) is 6. The van der Waals surface area contributed by atoms with Crippen LogP contribution in [-0.4, -0.2) is 37.2 Å². The van der Waals surface area contributed by atoms with E-state index in [-0.39, 0.29) is 37.5 Å². The highest BCUT2D eigenvalue weighted by molar-refractivity contribution is 5.71. The maximum atomic E-state index is 12.9. The molecule has 0 aromatic heterocycles. The molecule has 0 amide bonds. The fourth-order valence-corrected chi connectivity index (χ4v) is 8.53. The molecule has 0 aliphatic rings. The van der Waals surface area contributed by atoms with Crippen molar-refractivity contribution in [3.8, 4) is 0 Å². The maximum Gasteiger partial charge on any atom is 0.306 e. The first kappa shape index (κ1) is 74.3. The minimum atomic E-state index is -0.817. The molecule has 0 aromatic rings. The average molecular weight is 1090 g/mol. The Balaban J connectivity index is 4.51. The molecule has 6 nitrogen and oxygen atoms in total. The molecule has 0 aliphatic carbocycles. The zero-order valence-electron chi connectivity index (χ0n) is 51.1. The third-order valence-corrected chi connectivity index (χ3v) is 13.3. The summed E-state index contributed by atoms with van der Waals surface area (Å²) in [5, 5.41) is 0. The summed E-state index contributed by atoms with van der Waals surface area (Å²) in [6, 6.07) is 0. The molecular formula is C73H118O6. The van der Waals surface area contributed by atoms with Crippen molar-refractivity contribution in [2.45, 2.75) is 284 Å². The molecule has 79 heavy (non-hydrogen) atoms. The lowest BCUT2D eigenvalue weighted by Gasteiger charge is -2.18. The predicted octanol–water partition coefficient (Wildman–Crippen LogP) is 22.3. The van der Waals surface area contributed by atoms with Gasteiger partial charge >= 0.3 is 17.9 Å². The quantitative estimate of drug-likeness (QED) is 0.0261. The van der Waals surface area contributed by atoms with Gasteiger partial charge in [0.15, 0.2) is 6.10 Å². The van der Waals surface area contributed by atoms with E-state index < -0.39 is 6.10 Å². The van der Waals surface area contributed by atoms with Crippen molar-refractivity contribution in [2.75, 3.05) is 13.2 Å². The first-order valence-electron chi connectivity index (χ1n) is 32.3. The molecule has 0 saturated carbocycles. The molecule has 0 N–H and O–H groups in total. The van der Waals surface area contributed by atoms with Crippen LogP contribution in [0.5, 0.6) is 0 Å². The van der Waals surface area contributed by atoms with Crippen LogP contribution in [0.4, 0.5) is 0 Å². The Hall–Kier alpha value is -4.71. The summed E-state index contributed by atoms with van der Waals surface area (Å²) in [6.45, 7) is 6.36. The summed E-state index contributed by atoms with van der Waals surface area (Å²) in [5.41, 5.74) is 0. The minimum Gasteiger partial charge on any atom is -0.462 e. The average Bonchev–Trinajstić information content (AvgIpc) is 3.45. The number of esters is 3. The fourth-order valence-electron chi connectivity index (χ4n) is 8.53. The van der Waals surface area contributed by atoms with Crippen molar-refractivity contribution in [3.63, 3.8) is 0 Å². The Morgan fingerprint density at radius 3 is 0.797 bits per heavy atom. The lowest BCUT2D eigenvalue weighted by Crippen LogP contribution is -2.30. The summed E-state index contributed by atoms with van der Waals surface area (Å²) in [6.07, 6.45) is 94.2. The van der Waals surface area contributed by atoms with Crippen molar-refractivity contribution in [2.24, 2.45) is 0 Å². The van der Waals surface area contributed by atoms with E-state index >= 15 is 0 Å². The summed E-state index contributed by atoms with van der Waals surface area (Å²) in [5.74, 6) is -0.968. The van der Waals surface area contributed by atoms with Gasteiger partial charge in [-0.3, -0.25) is 14.4 Å². The van der Waals surface area contributed by atoms with Crippen LogP contribution >= 0.6 is 0 Å². The first-order valence-corrected chi connectivity index (χ1v) is 32.3. The molecule has 0 radical (unpaired) electrons. The van der Waals surface area contributed by atoms with E-state index in [9.17, 15) is 14.4 Å². The van der Waals surface area contributed by atoms with Gasteiger partial charge in [0.05, 0.1) is 0 Å². The largest absolute Gasteiger partial charge is 0.462 e. The molecule has 0 fully saturated rings. The molecule has 446 valence electrons. The number of ether oxygens (including phenoxy) is 3. The second-order valence-electron chi connectivity index (χ2n) is 20.9. The van der Waals surface area contributed by atoms with Crippen molar-refractivity contribution in [1.29, 1.82) is 0 Å². The molecular weight excluding hydrogens is 973 g/mol. The monoisotopic (exact) mass is 1090 g/mol. The molecule has 0 rings (SSSR count). The van der Waals surface area contributed by atoms with Crippen LogP contribution in [0.1, 0.15) is 278 Å². The molecule has 0 spiro atoms. The van der Waals surface area contributed by atoms with Crippen LogP contribution < -0.4 is 0 Å². The SMILES string of the molecule is CC/C=C\C/C=C\C/C=C\C/C=C\C/C=C\C/C=C\CCCCC(=O)OC(COC(=O)CCCCCCCCC/C=C\C/C=C\C/C=C\CC)COC(=O)CCCCCCCCCC/C=C\C/C=C\C/C=C\CCCCCCC. The van der Waals surface area contributed by atoms with Crippen LogP contribution in [0.2, 0.25) is 0 Å². The lowest BCUT2D eigenvalue weighted by atomic mass is 10.1. The Kier molecular flexibility index (Phi) is 61.9. The van der Waals surface area contributed by atoms with Gasteiger partial charge in [0, 0.05) is 19.3 Å². The number of unbranched alkanes of at least 4 members (excludes halogenated alkanes) is 22. The van der Waals surface area contributed by atoms with Gasteiger partial charge in [0.25, 0.3) is 0 Å². The Bertz CT molecular complexity index is 1730. The van der Waals surface area contributed by atoms with Gasteiger partial charge in [-0.25, -0.2) is 0 Å². The predicted molar refractivity (Wildman–Crippen MR) is 343 cm³/mol. The normalized spacial score (nSPS) is 13.1. The van der Waals surface area contributed by atoms with Gasteiger partial charge in [0.2, 0.25) is 0 Å². The van der Waals surface area contributed by atoms with Gasteiger partial charge in [-0.1, -0.05) is 263 Å². The van der Waals surface area contributed by atoms with Crippen molar-refractivity contribution in [1.82, 2.24) is 0 Å². The minimum absolute atomic E-state index is 0.108. The van der Waals surface area contributed by atoms with E-state index in [1.54, 1.807) is 0 Å². The van der Waals surface area contributed by atoms with Crippen molar-refractivity contribution in [3.05, 3.63) is 146 Å². The second kappa shape index (κ2) is 65.8. The Morgan fingerprint density at radius 1 is 0.266 bits per heavy atom. The molecule has 0 saturated heterocycles. The fraction of sp³-hybridized carbons (Fsp3) is 0.630. The zero-order chi connectivity index (χ0) is 57.1. The molecule has 1 atom stereocenters. The third kappa shape index (κ3) is 64.0. The number of rotatable bonds is 57. The van der Waals surface area contributed by atoms with Gasteiger partial charge in [0.1, 0.15) is 13.2 Å². The van der Waals surface area contributed by atoms with Gasteiger partial charge in [-0.15, -0.1) is 0 Å². The van der Waals surface area contributed by atoms with E-state index in [0.29, 0.717) is 19.3 Å². The summed E-state index contributed by atoms with van der Waals surface area (Å²) < 4.78 is 16.9. The number of allylic oxidation sites excluding steroid dienone is 24.